The molecule has 0 saturated carbocycles. The van der Waals surface area contributed by atoms with E-state index in [4.69, 9.17) is 5.73 Å². The van der Waals surface area contributed by atoms with Crippen LogP contribution in [0.4, 0.5) is 19.0 Å². The van der Waals surface area contributed by atoms with Crippen LogP contribution in [0, 0.1) is 0 Å². The van der Waals surface area contributed by atoms with Gasteiger partial charge in [0, 0.05) is 24.0 Å². The van der Waals surface area contributed by atoms with Gasteiger partial charge in [0.15, 0.2) is 0 Å². The second kappa shape index (κ2) is 4.03. The van der Waals surface area contributed by atoms with Crippen molar-refractivity contribution in [2.24, 2.45) is 7.05 Å². The fraction of sp³-hybridized carbons (Fsp3) is 0.154. The molecule has 2 aromatic heterocycles. The molecule has 4 nitrogen and oxygen atoms in total. The molecule has 0 aliphatic rings. The SMILES string of the molecule is Cn1c(-c2cc(N)n[nH]2)cc2ccc(C(F)(F)F)cc21. The smallest absolute Gasteiger partial charge is 0.382 e. The van der Waals surface area contributed by atoms with Crippen LogP contribution in [0.5, 0.6) is 0 Å². The van der Waals surface area contributed by atoms with Crippen LogP contribution in [-0.4, -0.2) is 14.8 Å². The Balaban J connectivity index is 2.20. The van der Waals surface area contributed by atoms with Crippen LogP contribution >= 0.6 is 0 Å². The molecule has 0 aliphatic heterocycles. The summed E-state index contributed by atoms with van der Waals surface area (Å²) < 4.78 is 39.9. The number of fused-ring (bicyclic) bond motifs is 1. The summed E-state index contributed by atoms with van der Waals surface area (Å²) in [5, 5.41) is 7.30. The van der Waals surface area contributed by atoms with Crippen LogP contribution in [0.2, 0.25) is 0 Å². The topological polar surface area (TPSA) is 59.6 Å². The fourth-order valence-corrected chi connectivity index (χ4v) is 2.23. The van der Waals surface area contributed by atoms with Gasteiger partial charge in [-0.25, -0.2) is 0 Å². The molecule has 0 saturated heterocycles. The van der Waals surface area contributed by atoms with E-state index >= 15 is 0 Å². The zero-order valence-corrected chi connectivity index (χ0v) is 10.5. The van der Waals surface area contributed by atoms with Crippen LogP contribution in [0.15, 0.2) is 30.3 Å². The first-order valence-corrected chi connectivity index (χ1v) is 5.84. The average molecular weight is 280 g/mol. The van der Waals surface area contributed by atoms with Crippen LogP contribution in [0.3, 0.4) is 0 Å². The molecule has 0 bridgehead atoms. The van der Waals surface area contributed by atoms with E-state index in [1.54, 1.807) is 23.7 Å². The number of hydrogen-bond acceptors (Lipinski definition) is 2. The number of aryl methyl sites for hydroxylation is 1. The molecule has 0 unspecified atom stereocenters. The van der Waals surface area contributed by atoms with E-state index in [1.807, 2.05) is 0 Å². The molecule has 0 fully saturated rings. The molecule has 3 rings (SSSR count). The number of nitrogens with zero attached hydrogens (tertiary/aromatic N) is 2. The number of aromatic nitrogens is 3. The first kappa shape index (κ1) is 12.6. The average Bonchev–Trinajstić information content (AvgIpc) is 2.92. The van der Waals surface area contributed by atoms with Crippen molar-refractivity contribution in [2.75, 3.05) is 5.73 Å². The maximum atomic E-state index is 12.7. The summed E-state index contributed by atoms with van der Waals surface area (Å²) in [6.07, 6.45) is -4.35. The molecular weight excluding hydrogens is 269 g/mol. The molecule has 7 heteroatoms. The number of nitrogens with one attached hydrogen (secondary N) is 1. The molecule has 0 spiro atoms. The van der Waals surface area contributed by atoms with E-state index in [0.29, 0.717) is 17.0 Å². The Hall–Kier alpha value is -2.44. The third-order valence-corrected chi connectivity index (χ3v) is 3.25. The maximum absolute atomic E-state index is 12.7. The third-order valence-electron chi connectivity index (χ3n) is 3.25. The Morgan fingerprint density at radius 3 is 2.55 bits per heavy atom. The van der Waals surface area contributed by atoms with Crippen molar-refractivity contribution in [1.82, 2.24) is 14.8 Å². The zero-order valence-electron chi connectivity index (χ0n) is 10.5. The van der Waals surface area contributed by atoms with Crippen molar-refractivity contribution in [3.8, 4) is 11.4 Å². The first-order chi connectivity index (χ1) is 9.36. The van der Waals surface area contributed by atoms with Gasteiger partial charge in [-0.05, 0) is 18.2 Å². The molecular formula is C13H11F3N4. The lowest BCUT2D eigenvalue weighted by molar-refractivity contribution is -0.137. The number of benzene rings is 1. The fourth-order valence-electron chi connectivity index (χ4n) is 2.23. The number of nitrogens with two attached hydrogens (primary N) is 1. The Kier molecular flexibility index (Phi) is 2.53. The summed E-state index contributed by atoms with van der Waals surface area (Å²) in [5.41, 5.74) is 6.77. The standard InChI is InChI=1S/C13H11F3N4/c1-20-10-5-8(13(14,15)16)3-2-7(10)4-11(20)9-6-12(17)19-18-9/h2-6H,1H3,(H3,17,18,19). The molecule has 3 N–H and O–H groups in total. The van der Waals surface area contributed by atoms with Gasteiger partial charge >= 0.3 is 6.18 Å². The minimum atomic E-state index is -4.35. The van der Waals surface area contributed by atoms with E-state index < -0.39 is 11.7 Å². The van der Waals surface area contributed by atoms with Gasteiger partial charge in [-0.2, -0.15) is 18.3 Å². The van der Waals surface area contributed by atoms with Crippen molar-refractivity contribution >= 4 is 16.7 Å². The van der Waals surface area contributed by atoms with Gasteiger partial charge in [-0.3, -0.25) is 5.10 Å². The van der Waals surface area contributed by atoms with E-state index in [9.17, 15) is 13.2 Å². The monoisotopic (exact) mass is 280 g/mol. The highest BCUT2D eigenvalue weighted by atomic mass is 19.4. The van der Waals surface area contributed by atoms with Crippen LogP contribution in [-0.2, 0) is 13.2 Å². The van der Waals surface area contributed by atoms with Gasteiger partial charge in [-0.15, -0.1) is 0 Å². The largest absolute Gasteiger partial charge is 0.416 e. The molecule has 2 heterocycles. The number of halogens is 3. The quantitative estimate of drug-likeness (QED) is 0.719. The van der Waals surface area contributed by atoms with Crippen molar-refractivity contribution < 1.29 is 13.2 Å². The van der Waals surface area contributed by atoms with E-state index in [1.165, 1.54) is 6.07 Å². The van der Waals surface area contributed by atoms with E-state index in [0.717, 1.165) is 23.2 Å². The predicted molar refractivity (Wildman–Crippen MR) is 69.9 cm³/mol. The van der Waals surface area contributed by atoms with Gasteiger partial charge < -0.3 is 10.3 Å². The number of anilines is 1. The minimum absolute atomic E-state index is 0.334. The summed E-state index contributed by atoms with van der Waals surface area (Å²) in [5.74, 6) is 0.334. The lowest BCUT2D eigenvalue weighted by Gasteiger charge is -2.07. The number of alkyl halides is 3. The molecule has 0 radical (unpaired) electrons. The van der Waals surface area contributed by atoms with Gasteiger partial charge in [0.1, 0.15) is 5.82 Å². The van der Waals surface area contributed by atoms with Crippen molar-refractivity contribution in [3.63, 3.8) is 0 Å². The van der Waals surface area contributed by atoms with Crippen LogP contribution in [0.1, 0.15) is 5.56 Å². The molecule has 104 valence electrons. The predicted octanol–water partition coefficient (Wildman–Crippen LogP) is 3.17. The normalized spacial score (nSPS) is 12.2. The lowest BCUT2D eigenvalue weighted by Crippen LogP contribution is -2.04. The minimum Gasteiger partial charge on any atom is -0.382 e. The molecule has 1 aromatic carbocycles. The van der Waals surface area contributed by atoms with Crippen molar-refractivity contribution in [3.05, 3.63) is 35.9 Å². The van der Waals surface area contributed by atoms with E-state index in [-0.39, 0.29) is 0 Å². The molecule has 20 heavy (non-hydrogen) atoms. The van der Waals surface area contributed by atoms with E-state index in [2.05, 4.69) is 10.2 Å². The Morgan fingerprint density at radius 1 is 1.20 bits per heavy atom. The Morgan fingerprint density at radius 2 is 1.95 bits per heavy atom. The highest BCUT2D eigenvalue weighted by Gasteiger charge is 2.30. The first-order valence-electron chi connectivity index (χ1n) is 5.84. The second-order valence-corrected chi connectivity index (χ2v) is 4.57. The van der Waals surface area contributed by atoms with Gasteiger partial charge in [0.05, 0.1) is 17.0 Å². The summed E-state index contributed by atoms with van der Waals surface area (Å²) in [4.78, 5) is 0. The molecule has 0 atom stereocenters. The van der Waals surface area contributed by atoms with Crippen LogP contribution < -0.4 is 5.73 Å². The highest BCUT2D eigenvalue weighted by molar-refractivity contribution is 5.87. The summed E-state index contributed by atoms with van der Waals surface area (Å²) in [7, 11) is 1.70. The van der Waals surface area contributed by atoms with Crippen LogP contribution in [0.25, 0.3) is 22.3 Å². The van der Waals surface area contributed by atoms with Gasteiger partial charge in [0.25, 0.3) is 0 Å². The summed E-state index contributed by atoms with van der Waals surface area (Å²) >= 11 is 0. The summed E-state index contributed by atoms with van der Waals surface area (Å²) in [6, 6.07) is 7.11. The highest BCUT2D eigenvalue weighted by Crippen LogP contribution is 2.33. The van der Waals surface area contributed by atoms with Gasteiger partial charge in [0.2, 0.25) is 0 Å². The number of nitrogen functional groups attached to an aromatic ring is 1. The zero-order chi connectivity index (χ0) is 14.5. The summed E-state index contributed by atoms with van der Waals surface area (Å²) in [6.45, 7) is 0. The Bertz CT molecular complexity index is 783. The maximum Gasteiger partial charge on any atom is 0.416 e. The number of hydrogen-bond donors (Lipinski definition) is 2. The third kappa shape index (κ3) is 1.91. The lowest BCUT2D eigenvalue weighted by atomic mass is 10.1. The number of aromatic amines is 1. The molecule has 3 aromatic rings. The molecule has 0 amide bonds. The van der Waals surface area contributed by atoms with Gasteiger partial charge in [-0.1, -0.05) is 6.07 Å². The number of H-pyrrole nitrogens is 1. The number of rotatable bonds is 1. The van der Waals surface area contributed by atoms with Crippen molar-refractivity contribution in [1.29, 1.82) is 0 Å². The second-order valence-electron chi connectivity index (χ2n) is 4.57. The molecule has 0 aliphatic carbocycles. The Labute approximate surface area is 112 Å². The van der Waals surface area contributed by atoms with Crippen molar-refractivity contribution in [2.45, 2.75) is 6.18 Å².